The molecule has 3 aromatic rings. The van der Waals surface area contributed by atoms with Gasteiger partial charge >= 0.3 is 11.9 Å². The molecule has 226 valence electrons. The van der Waals surface area contributed by atoms with Gasteiger partial charge in [0.25, 0.3) is 11.8 Å². The van der Waals surface area contributed by atoms with Crippen LogP contribution in [0.5, 0.6) is 11.5 Å². The van der Waals surface area contributed by atoms with Crippen LogP contribution >= 0.6 is 0 Å². The van der Waals surface area contributed by atoms with E-state index in [9.17, 15) is 19.2 Å². The first-order valence-electron chi connectivity index (χ1n) is 15.1. The summed E-state index contributed by atoms with van der Waals surface area (Å²) in [5, 5.41) is 0. The second-order valence-electron chi connectivity index (χ2n) is 10.5. The molecule has 0 aromatic heterocycles. The smallest absolute Gasteiger partial charge is 0.343 e. The Morgan fingerprint density at radius 3 is 1.88 bits per heavy atom. The zero-order valence-electron chi connectivity index (χ0n) is 24.9. The third kappa shape index (κ3) is 8.53. The van der Waals surface area contributed by atoms with Gasteiger partial charge in [-0.15, -0.1) is 0 Å². The molecule has 1 heterocycles. The van der Waals surface area contributed by atoms with Crippen LogP contribution in [0.2, 0.25) is 0 Å². The number of imide groups is 1. The Morgan fingerprint density at radius 1 is 0.674 bits per heavy atom. The van der Waals surface area contributed by atoms with Gasteiger partial charge in [0.15, 0.2) is 0 Å². The second kappa shape index (κ2) is 15.7. The Bertz CT molecular complexity index is 1410. The summed E-state index contributed by atoms with van der Waals surface area (Å²) in [5.41, 5.74) is 2.25. The molecule has 0 fully saturated rings. The number of unbranched alkanes of at least 4 members (excludes halogenated alkanes) is 7. The molecular formula is C35H39NO7. The van der Waals surface area contributed by atoms with Crippen LogP contribution in [0.15, 0.2) is 66.7 Å². The molecule has 8 nitrogen and oxygen atoms in total. The van der Waals surface area contributed by atoms with Crippen molar-refractivity contribution < 1.29 is 33.4 Å². The van der Waals surface area contributed by atoms with E-state index < -0.39 is 30.3 Å². The predicted molar refractivity (Wildman–Crippen MR) is 163 cm³/mol. The van der Waals surface area contributed by atoms with E-state index in [0.29, 0.717) is 5.75 Å². The van der Waals surface area contributed by atoms with Gasteiger partial charge in [0.1, 0.15) is 18.0 Å². The zero-order valence-corrected chi connectivity index (χ0v) is 24.9. The minimum absolute atomic E-state index is 0.0457. The van der Waals surface area contributed by atoms with E-state index in [1.807, 2.05) is 36.4 Å². The molecule has 0 radical (unpaired) electrons. The minimum atomic E-state index is -0.682. The van der Waals surface area contributed by atoms with Crippen LogP contribution in [0.25, 0.3) is 11.1 Å². The summed E-state index contributed by atoms with van der Waals surface area (Å²) in [5.74, 6) is -1.43. The number of benzene rings is 3. The summed E-state index contributed by atoms with van der Waals surface area (Å²) in [7, 11) is 0. The van der Waals surface area contributed by atoms with Crippen molar-refractivity contribution in [2.75, 3.05) is 19.8 Å². The number of hydrogen-bond acceptors (Lipinski definition) is 7. The van der Waals surface area contributed by atoms with E-state index in [1.54, 1.807) is 19.1 Å². The average molecular weight is 586 g/mol. The first-order valence-corrected chi connectivity index (χ1v) is 15.1. The van der Waals surface area contributed by atoms with Crippen LogP contribution < -0.4 is 9.47 Å². The number of rotatable bonds is 16. The first kappa shape index (κ1) is 31.5. The number of ether oxygens (including phenoxy) is 3. The Kier molecular flexibility index (Phi) is 11.5. The number of carbonyl (C=O) groups excluding carboxylic acids is 4. The molecule has 2 amide bonds. The summed E-state index contributed by atoms with van der Waals surface area (Å²) in [6.07, 6.45) is 10.1. The van der Waals surface area contributed by atoms with Crippen molar-refractivity contribution >= 4 is 23.8 Å². The van der Waals surface area contributed by atoms with Crippen molar-refractivity contribution in [3.05, 3.63) is 83.4 Å². The van der Waals surface area contributed by atoms with Crippen molar-refractivity contribution in [3.8, 4) is 22.6 Å². The Hall–Kier alpha value is -4.46. The lowest BCUT2D eigenvalue weighted by atomic mass is 10.1. The Labute approximate surface area is 252 Å². The maximum atomic E-state index is 12.8. The topological polar surface area (TPSA) is 99.2 Å². The lowest BCUT2D eigenvalue weighted by Crippen LogP contribution is -2.35. The Balaban J connectivity index is 1.26. The van der Waals surface area contributed by atoms with Gasteiger partial charge in [-0.2, -0.15) is 0 Å². The predicted octanol–water partition coefficient (Wildman–Crippen LogP) is 7.25. The third-order valence-corrected chi connectivity index (χ3v) is 7.32. The van der Waals surface area contributed by atoms with Crippen LogP contribution in [-0.2, 0) is 9.53 Å². The van der Waals surface area contributed by atoms with Gasteiger partial charge in [-0.25, -0.2) is 4.79 Å². The van der Waals surface area contributed by atoms with Gasteiger partial charge in [0.2, 0.25) is 0 Å². The molecule has 0 aliphatic carbocycles. The summed E-state index contributed by atoms with van der Waals surface area (Å²) >= 11 is 0. The molecule has 0 saturated carbocycles. The largest absolute Gasteiger partial charge is 0.494 e. The monoisotopic (exact) mass is 585 g/mol. The summed E-state index contributed by atoms with van der Waals surface area (Å²) in [6.45, 7) is 4.25. The molecule has 0 N–H and O–H groups in total. The highest BCUT2D eigenvalue weighted by molar-refractivity contribution is 6.22. The van der Waals surface area contributed by atoms with Crippen LogP contribution in [0.4, 0.5) is 0 Å². The van der Waals surface area contributed by atoms with Crippen LogP contribution in [0.1, 0.15) is 96.3 Å². The lowest BCUT2D eigenvalue weighted by molar-refractivity contribution is -0.143. The van der Waals surface area contributed by atoms with Gasteiger partial charge in [0, 0.05) is 0 Å². The summed E-state index contributed by atoms with van der Waals surface area (Å²) < 4.78 is 16.2. The highest BCUT2D eigenvalue weighted by Crippen LogP contribution is 2.27. The van der Waals surface area contributed by atoms with Crippen molar-refractivity contribution in [3.63, 3.8) is 0 Å². The molecule has 1 aliphatic rings. The van der Waals surface area contributed by atoms with Crippen LogP contribution in [0.3, 0.4) is 0 Å². The van der Waals surface area contributed by atoms with E-state index in [4.69, 9.17) is 14.2 Å². The van der Waals surface area contributed by atoms with E-state index in [-0.39, 0.29) is 23.3 Å². The number of fused-ring (bicyclic) bond motifs is 1. The molecule has 4 rings (SSSR count). The quantitative estimate of drug-likeness (QED) is 0.0755. The molecule has 0 unspecified atom stereocenters. The number of hydrogen-bond donors (Lipinski definition) is 0. The fraction of sp³-hybridized carbons (Fsp3) is 0.371. The highest BCUT2D eigenvalue weighted by atomic mass is 16.5. The van der Waals surface area contributed by atoms with Crippen molar-refractivity contribution in [1.29, 1.82) is 0 Å². The van der Waals surface area contributed by atoms with Gasteiger partial charge in [-0.1, -0.05) is 76.1 Å². The van der Waals surface area contributed by atoms with Gasteiger partial charge in [0.05, 0.1) is 29.9 Å². The maximum absolute atomic E-state index is 12.8. The normalized spacial score (nSPS) is 12.3. The van der Waals surface area contributed by atoms with E-state index in [2.05, 4.69) is 6.92 Å². The van der Waals surface area contributed by atoms with E-state index in [1.165, 1.54) is 63.1 Å². The van der Waals surface area contributed by atoms with Gasteiger partial charge in [-0.3, -0.25) is 19.3 Å². The molecule has 3 aromatic carbocycles. The van der Waals surface area contributed by atoms with E-state index in [0.717, 1.165) is 34.8 Å². The summed E-state index contributed by atoms with van der Waals surface area (Å²) in [4.78, 5) is 50.7. The maximum Gasteiger partial charge on any atom is 0.343 e. The van der Waals surface area contributed by atoms with Crippen LogP contribution in [0, 0.1) is 0 Å². The molecule has 0 atom stereocenters. The van der Waals surface area contributed by atoms with Crippen molar-refractivity contribution in [2.45, 2.75) is 65.2 Å². The zero-order chi connectivity index (χ0) is 30.6. The number of amides is 2. The fourth-order valence-electron chi connectivity index (χ4n) is 4.95. The second-order valence-corrected chi connectivity index (χ2v) is 10.5. The Morgan fingerprint density at radius 2 is 1.26 bits per heavy atom. The fourth-order valence-corrected chi connectivity index (χ4v) is 4.95. The molecule has 8 heteroatoms. The molecule has 43 heavy (non-hydrogen) atoms. The molecule has 0 bridgehead atoms. The number of esters is 2. The van der Waals surface area contributed by atoms with Gasteiger partial charge in [-0.05, 0) is 66.9 Å². The minimum Gasteiger partial charge on any atom is -0.494 e. The SMILES string of the molecule is CCCCCCCCCCOc1ccc(-c2ccc(OC(=O)c3ccc4c(c3)C(=O)N(CC(=O)OCC)C4=O)cc2)cc1. The average Bonchev–Trinajstić information content (AvgIpc) is 3.25. The van der Waals surface area contributed by atoms with Crippen molar-refractivity contribution in [2.24, 2.45) is 0 Å². The summed E-state index contributed by atoms with van der Waals surface area (Å²) in [6, 6.07) is 19.2. The molecule has 1 aliphatic heterocycles. The highest BCUT2D eigenvalue weighted by Gasteiger charge is 2.37. The molecule has 0 saturated heterocycles. The number of carbonyl (C=O) groups is 4. The standard InChI is InChI=1S/C35H39NO7/c1-3-5-6-7-8-9-10-11-22-42-28-17-12-25(13-18-28)26-14-19-29(20-15-26)43-35(40)27-16-21-30-31(23-27)34(39)36(33(30)38)24-32(37)41-4-2/h12-21,23H,3-11,22,24H2,1-2H3. The van der Waals surface area contributed by atoms with Gasteiger partial charge < -0.3 is 14.2 Å². The van der Waals surface area contributed by atoms with Crippen molar-refractivity contribution in [1.82, 2.24) is 4.90 Å². The lowest BCUT2D eigenvalue weighted by Gasteiger charge is -2.12. The van der Waals surface area contributed by atoms with Crippen LogP contribution in [-0.4, -0.2) is 48.4 Å². The number of nitrogens with zero attached hydrogens (tertiary/aromatic N) is 1. The third-order valence-electron chi connectivity index (χ3n) is 7.32. The first-order chi connectivity index (χ1) is 20.9. The van der Waals surface area contributed by atoms with E-state index >= 15 is 0 Å². The molecular weight excluding hydrogens is 546 g/mol. The molecule has 0 spiro atoms.